The molecular weight excluding hydrogens is 277 g/mol. The fourth-order valence-electron chi connectivity index (χ4n) is 3.09. The van der Waals surface area contributed by atoms with Crippen LogP contribution in [0.1, 0.15) is 44.2 Å². The highest BCUT2D eigenvalue weighted by atomic mass is 19.2. The number of halogens is 3. The van der Waals surface area contributed by atoms with E-state index in [0.717, 1.165) is 31.4 Å². The van der Waals surface area contributed by atoms with Crippen molar-refractivity contribution < 1.29 is 13.2 Å². The monoisotopic (exact) mass is 294 g/mol. The van der Waals surface area contributed by atoms with Crippen LogP contribution in [0, 0.1) is 17.5 Å². The van der Waals surface area contributed by atoms with Crippen molar-refractivity contribution in [3.05, 3.63) is 35.3 Å². The number of hydrogen-bond acceptors (Lipinski definition) is 2. The Morgan fingerprint density at radius 3 is 2.52 bits per heavy atom. The zero-order chi connectivity index (χ0) is 15.0. The van der Waals surface area contributed by atoms with Gasteiger partial charge in [0, 0.05) is 29.9 Å². The van der Waals surface area contributed by atoms with Gasteiger partial charge >= 0.3 is 0 Å². The molecule has 1 N–H and O–H groups in total. The number of nitrogens with one attached hydrogen (secondary N) is 1. The first-order valence-corrected chi connectivity index (χ1v) is 7.33. The number of pyridine rings is 1. The molecule has 21 heavy (non-hydrogen) atoms. The Hall–Kier alpha value is -1.78. The summed E-state index contributed by atoms with van der Waals surface area (Å²) in [5.74, 6) is -2.81. The molecule has 1 aromatic heterocycles. The first-order chi connectivity index (χ1) is 10.1. The summed E-state index contributed by atoms with van der Waals surface area (Å²) >= 11 is 0. The molecule has 0 spiro atoms. The Morgan fingerprint density at radius 2 is 1.86 bits per heavy atom. The highest BCUT2D eigenvalue weighted by Gasteiger charge is 2.23. The van der Waals surface area contributed by atoms with Gasteiger partial charge in [0.2, 0.25) is 0 Å². The lowest BCUT2D eigenvalue weighted by Gasteiger charge is -2.15. The second kappa shape index (κ2) is 5.54. The Balaban J connectivity index is 2.26. The van der Waals surface area contributed by atoms with Gasteiger partial charge in [0.25, 0.3) is 0 Å². The van der Waals surface area contributed by atoms with E-state index >= 15 is 0 Å². The van der Waals surface area contributed by atoms with Crippen LogP contribution >= 0.6 is 0 Å². The molecule has 3 rings (SSSR count). The normalized spacial score (nSPS) is 15.8. The van der Waals surface area contributed by atoms with Gasteiger partial charge in [-0.1, -0.05) is 12.8 Å². The fraction of sp³-hybridized carbons (Fsp3) is 0.438. The molecule has 0 unspecified atom stereocenters. The molecule has 1 saturated carbocycles. The van der Waals surface area contributed by atoms with Crippen LogP contribution in [0.25, 0.3) is 10.9 Å². The molecular formula is C16H17F3N2. The van der Waals surface area contributed by atoms with E-state index in [0.29, 0.717) is 18.3 Å². The summed E-state index contributed by atoms with van der Waals surface area (Å²) < 4.78 is 41.5. The van der Waals surface area contributed by atoms with Crippen molar-refractivity contribution in [2.75, 3.05) is 11.9 Å². The Labute approximate surface area is 121 Å². The summed E-state index contributed by atoms with van der Waals surface area (Å²) in [6.45, 7) is 2.45. The number of benzene rings is 1. The quantitative estimate of drug-likeness (QED) is 0.827. The van der Waals surface area contributed by atoms with Crippen LogP contribution in [0.15, 0.2) is 12.1 Å². The van der Waals surface area contributed by atoms with Crippen molar-refractivity contribution in [3.8, 4) is 0 Å². The van der Waals surface area contributed by atoms with E-state index in [1.807, 2.05) is 6.92 Å². The van der Waals surface area contributed by atoms with Gasteiger partial charge < -0.3 is 5.32 Å². The summed E-state index contributed by atoms with van der Waals surface area (Å²) in [6.07, 6.45) is 4.20. The lowest BCUT2D eigenvalue weighted by molar-refractivity contribution is 0.503. The number of nitrogens with zero attached hydrogens (tertiary/aromatic N) is 1. The molecule has 0 saturated heterocycles. The van der Waals surface area contributed by atoms with Crippen molar-refractivity contribution in [2.45, 2.75) is 38.5 Å². The van der Waals surface area contributed by atoms with Gasteiger partial charge in [-0.25, -0.2) is 18.2 Å². The van der Waals surface area contributed by atoms with Crippen LogP contribution in [0.5, 0.6) is 0 Å². The van der Waals surface area contributed by atoms with Crippen molar-refractivity contribution >= 4 is 16.6 Å². The van der Waals surface area contributed by atoms with Gasteiger partial charge in [-0.3, -0.25) is 0 Å². The van der Waals surface area contributed by atoms with Crippen molar-refractivity contribution in [1.29, 1.82) is 0 Å². The molecule has 1 aromatic carbocycles. The summed E-state index contributed by atoms with van der Waals surface area (Å²) in [4.78, 5) is 4.23. The van der Waals surface area contributed by atoms with Crippen molar-refractivity contribution in [3.63, 3.8) is 0 Å². The second-order valence-electron chi connectivity index (χ2n) is 5.48. The Morgan fingerprint density at radius 1 is 1.14 bits per heavy atom. The molecule has 112 valence electrons. The summed E-state index contributed by atoms with van der Waals surface area (Å²) in [5.41, 5.74) is 0.994. The maximum atomic E-state index is 14.0. The molecule has 2 aromatic rings. The van der Waals surface area contributed by atoms with Crippen LogP contribution in [-0.2, 0) is 0 Å². The minimum absolute atomic E-state index is 0.0255. The maximum Gasteiger partial charge on any atom is 0.185 e. The number of anilines is 1. The van der Waals surface area contributed by atoms with E-state index in [1.54, 1.807) is 6.07 Å². The SMILES string of the molecule is CCNc1cc(C2CCCC2)nc2c(F)c(F)cc(F)c12. The van der Waals surface area contributed by atoms with Crippen molar-refractivity contribution in [2.24, 2.45) is 0 Å². The first kappa shape index (κ1) is 14.2. The molecule has 5 heteroatoms. The summed E-state index contributed by atoms with van der Waals surface area (Å²) in [7, 11) is 0. The average molecular weight is 294 g/mol. The smallest absolute Gasteiger partial charge is 0.185 e. The standard InChI is InChI=1S/C16H17F3N2/c1-2-20-13-8-12(9-5-3-4-6-9)21-16-14(13)10(17)7-11(18)15(16)19/h7-9H,2-6H2,1H3,(H,20,21). The highest BCUT2D eigenvalue weighted by Crippen LogP contribution is 2.37. The van der Waals surface area contributed by atoms with E-state index in [1.165, 1.54) is 0 Å². The highest BCUT2D eigenvalue weighted by molar-refractivity contribution is 5.92. The third kappa shape index (κ3) is 2.45. The fourth-order valence-corrected chi connectivity index (χ4v) is 3.09. The van der Waals surface area contributed by atoms with Gasteiger partial charge in [-0.15, -0.1) is 0 Å². The predicted octanol–water partition coefficient (Wildman–Crippen LogP) is 4.74. The first-order valence-electron chi connectivity index (χ1n) is 7.33. The molecule has 0 aliphatic heterocycles. The van der Waals surface area contributed by atoms with Gasteiger partial charge in [0.1, 0.15) is 11.3 Å². The predicted molar refractivity (Wildman–Crippen MR) is 77.0 cm³/mol. The molecule has 2 nitrogen and oxygen atoms in total. The van der Waals surface area contributed by atoms with E-state index in [-0.39, 0.29) is 16.8 Å². The van der Waals surface area contributed by atoms with Crippen LogP contribution in [0.4, 0.5) is 18.9 Å². The molecule has 0 radical (unpaired) electrons. The number of rotatable bonds is 3. The topological polar surface area (TPSA) is 24.9 Å². The number of fused-ring (bicyclic) bond motifs is 1. The van der Waals surface area contributed by atoms with Gasteiger partial charge in [0.15, 0.2) is 11.6 Å². The molecule has 0 bridgehead atoms. The molecule has 1 aliphatic carbocycles. The van der Waals surface area contributed by atoms with E-state index in [9.17, 15) is 13.2 Å². The van der Waals surface area contributed by atoms with Gasteiger partial charge in [0.05, 0.1) is 5.39 Å². The van der Waals surface area contributed by atoms with E-state index in [2.05, 4.69) is 10.3 Å². The number of aromatic nitrogens is 1. The third-order valence-corrected chi connectivity index (χ3v) is 4.09. The average Bonchev–Trinajstić information content (AvgIpc) is 2.98. The minimum atomic E-state index is -1.20. The Bertz CT molecular complexity index is 679. The largest absolute Gasteiger partial charge is 0.385 e. The Kier molecular flexibility index (Phi) is 3.74. The summed E-state index contributed by atoms with van der Waals surface area (Å²) in [5, 5.41) is 3.06. The second-order valence-corrected chi connectivity index (χ2v) is 5.48. The van der Waals surface area contributed by atoms with Crippen molar-refractivity contribution in [1.82, 2.24) is 4.98 Å². The minimum Gasteiger partial charge on any atom is -0.385 e. The van der Waals surface area contributed by atoms with E-state index in [4.69, 9.17) is 0 Å². The molecule has 0 atom stereocenters. The molecule has 1 aliphatic rings. The zero-order valence-electron chi connectivity index (χ0n) is 11.8. The molecule has 1 fully saturated rings. The zero-order valence-corrected chi connectivity index (χ0v) is 11.8. The third-order valence-electron chi connectivity index (χ3n) is 4.09. The molecule has 1 heterocycles. The van der Waals surface area contributed by atoms with Gasteiger partial charge in [-0.2, -0.15) is 0 Å². The lowest BCUT2D eigenvalue weighted by atomic mass is 10.0. The van der Waals surface area contributed by atoms with E-state index < -0.39 is 17.5 Å². The van der Waals surface area contributed by atoms with Crippen LogP contribution in [-0.4, -0.2) is 11.5 Å². The molecule has 0 amide bonds. The van der Waals surface area contributed by atoms with Crippen LogP contribution in [0.2, 0.25) is 0 Å². The number of hydrogen-bond donors (Lipinski definition) is 1. The lowest BCUT2D eigenvalue weighted by Crippen LogP contribution is -2.06. The van der Waals surface area contributed by atoms with Crippen LogP contribution in [0.3, 0.4) is 0 Å². The van der Waals surface area contributed by atoms with Crippen LogP contribution < -0.4 is 5.32 Å². The van der Waals surface area contributed by atoms with Gasteiger partial charge in [-0.05, 0) is 25.8 Å². The maximum absolute atomic E-state index is 14.0. The summed E-state index contributed by atoms with van der Waals surface area (Å²) in [6, 6.07) is 2.36.